The van der Waals surface area contributed by atoms with Crippen LogP contribution in [-0.2, 0) is 19.0 Å². The molecule has 5 nitrogen and oxygen atoms in total. The lowest BCUT2D eigenvalue weighted by Crippen LogP contribution is -2.22. The largest absolute Gasteiger partial charge is 0.508 e. The molecule has 0 aliphatic heterocycles. The van der Waals surface area contributed by atoms with Crippen LogP contribution in [0.5, 0.6) is 0 Å². The van der Waals surface area contributed by atoms with Gasteiger partial charge in [-0.1, -0.05) is 19.3 Å². The predicted octanol–water partition coefficient (Wildman–Crippen LogP) is 1.89. The van der Waals surface area contributed by atoms with Gasteiger partial charge in [-0.25, -0.2) is 4.79 Å². The van der Waals surface area contributed by atoms with Gasteiger partial charge in [-0.15, -0.1) is 0 Å². The molecule has 1 fully saturated rings. The molecule has 0 radical (unpaired) electrons. The van der Waals surface area contributed by atoms with Gasteiger partial charge in [0.1, 0.15) is 13.2 Å². The van der Waals surface area contributed by atoms with Crippen molar-refractivity contribution < 1.29 is 23.8 Å². The SMILES string of the molecule is COC(=O)OCCOC(=O)C1CCCCC1. The first kappa shape index (κ1) is 12.8. The summed E-state index contributed by atoms with van der Waals surface area (Å²) in [5.41, 5.74) is 0. The van der Waals surface area contributed by atoms with E-state index in [1.165, 1.54) is 13.5 Å². The third-order valence-electron chi connectivity index (χ3n) is 2.65. The van der Waals surface area contributed by atoms with Gasteiger partial charge in [-0.3, -0.25) is 4.79 Å². The quantitative estimate of drug-likeness (QED) is 0.545. The number of rotatable bonds is 4. The van der Waals surface area contributed by atoms with Gasteiger partial charge in [0.15, 0.2) is 0 Å². The summed E-state index contributed by atoms with van der Waals surface area (Å²) in [4.78, 5) is 22.1. The van der Waals surface area contributed by atoms with Crippen molar-refractivity contribution in [1.29, 1.82) is 0 Å². The highest BCUT2D eigenvalue weighted by molar-refractivity contribution is 5.72. The van der Waals surface area contributed by atoms with E-state index in [1.807, 2.05) is 0 Å². The van der Waals surface area contributed by atoms with Crippen molar-refractivity contribution in [2.45, 2.75) is 32.1 Å². The Labute approximate surface area is 95.0 Å². The molecule has 0 bridgehead atoms. The van der Waals surface area contributed by atoms with E-state index in [0.717, 1.165) is 25.7 Å². The Morgan fingerprint density at radius 2 is 1.69 bits per heavy atom. The smallest absolute Gasteiger partial charge is 0.462 e. The minimum absolute atomic E-state index is 0.0341. The Hall–Kier alpha value is -1.26. The van der Waals surface area contributed by atoms with Crippen molar-refractivity contribution in [3.63, 3.8) is 0 Å². The summed E-state index contributed by atoms with van der Waals surface area (Å²) in [7, 11) is 1.23. The van der Waals surface area contributed by atoms with Crippen molar-refractivity contribution in [3.05, 3.63) is 0 Å². The fourth-order valence-electron chi connectivity index (χ4n) is 1.78. The highest BCUT2D eigenvalue weighted by Gasteiger charge is 2.22. The maximum Gasteiger partial charge on any atom is 0.508 e. The lowest BCUT2D eigenvalue weighted by molar-refractivity contribution is -0.150. The minimum Gasteiger partial charge on any atom is -0.462 e. The van der Waals surface area contributed by atoms with Gasteiger partial charge in [-0.2, -0.15) is 0 Å². The van der Waals surface area contributed by atoms with Gasteiger partial charge in [0, 0.05) is 0 Å². The summed E-state index contributed by atoms with van der Waals surface area (Å²) in [6, 6.07) is 0. The lowest BCUT2D eigenvalue weighted by atomic mass is 9.89. The van der Waals surface area contributed by atoms with Crippen LogP contribution in [0, 0.1) is 5.92 Å². The van der Waals surface area contributed by atoms with Gasteiger partial charge < -0.3 is 14.2 Å². The molecule has 1 saturated carbocycles. The predicted molar refractivity (Wildman–Crippen MR) is 55.9 cm³/mol. The molecule has 0 heterocycles. The van der Waals surface area contributed by atoms with Gasteiger partial charge in [-0.05, 0) is 12.8 Å². The summed E-state index contributed by atoms with van der Waals surface area (Å²) < 4.78 is 13.9. The zero-order valence-corrected chi connectivity index (χ0v) is 9.57. The zero-order valence-electron chi connectivity index (χ0n) is 9.57. The van der Waals surface area contributed by atoms with E-state index < -0.39 is 6.16 Å². The van der Waals surface area contributed by atoms with Crippen molar-refractivity contribution in [2.75, 3.05) is 20.3 Å². The Bertz CT molecular complexity index is 233. The average molecular weight is 230 g/mol. The Kier molecular flexibility index (Phi) is 5.67. The third kappa shape index (κ3) is 4.51. The molecule has 0 atom stereocenters. The molecule has 0 aromatic heterocycles. The van der Waals surface area contributed by atoms with E-state index in [9.17, 15) is 9.59 Å². The molecule has 0 N–H and O–H groups in total. The van der Waals surface area contributed by atoms with Crippen molar-refractivity contribution in [3.8, 4) is 0 Å². The normalized spacial score (nSPS) is 16.6. The molecular formula is C11H18O5. The Morgan fingerprint density at radius 3 is 2.31 bits per heavy atom. The van der Waals surface area contributed by atoms with Crippen LogP contribution >= 0.6 is 0 Å². The number of esters is 1. The van der Waals surface area contributed by atoms with Gasteiger partial charge in [0.25, 0.3) is 0 Å². The number of carbonyl (C=O) groups excluding carboxylic acids is 2. The number of hydrogen-bond donors (Lipinski definition) is 0. The molecule has 1 aliphatic carbocycles. The number of hydrogen-bond acceptors (Lipinski definition) is 5. The van der Waals surface area contributed by atoms with E-state index in [2.05, 4.69) is 9.47 Å². The summed E-state index contributed by atoms with van der Waals surface area (Å²) in [5, 5.41) is 0. The first-order valence-electron chi connectivity index (χ1n) is 5.61. The Morgan fingerprint density at radius 1 is 1.06 bits per heavy atom. The highest BCUT2D eigenvalue weighted by atomic mass is 16.7. The highest BCUT2D eigenvalue weighted by Crippen LogP contribution is 2.24. The second kappa shape index (κ2) is 7.09. The molecule has 0 amide bonds. The zero-order chi connectivity index (χ0) is 11.8. The van der Waals surface area contributed by atoms with Gasteiger partial charge in [0.05, 0.1) is 13.0 Å². The van der Waals surface area contributed by atoms with E-state index in [4.69, 9.17) is 4.74 Å². The average Bonchev–Trinajstić information content (AvgIpc) is 2.35. The molecule has 0 unspecified atom stereocenters. The molecule has 0 saturated heterocycles. The molecule has 0 spiro atoms. The van der Waals surface area contributed by atoms with Crippen LogP contribution in [0.4, 0.5) is 4.79 Å². The number of methoxy groups -OCH3 is 1. The minimum atomic E-state index is -0.756. The van der Waals surface area contributed by atoms with E-state index >= 15 is 0 Å². The van der Waals surface area contributed by atoms with E-state index in [1.54, 1.807) is 0 Å². The molecule has 0 aromatic carbocycles. The van der Waals surface area contributed by atoms with E-state index in [-0.39, 0.29) is 25.1 Å². The summed E-state index contributed by atoms with van der Waals surface area (Å²) in [6.07, 6.45) is 4.47. The van der Waals surface area contributed by atoms with Crippen molar-refractivity contribution in [2.24, 2.45) is 5.92 Å². The standard InChI is InChI=1S/C11H18O5/c1-14-11(13)16-8-7-15-10(12)9-5-3-2-4-6-9/h9H,2-8H2,1H3. The first-order chi connectivity index (χ1) is 7.74. The molecule has 1 aliphatic rings. The number of carbonyl (C=O) groups is 2. The summed E-state index contributed by atoms with van der Waals surface area (Å²) in [6.45, 7) is 0.148. The molecule has 16 heavy (non-hydrogen) atoms. The summed E-state index contributed by atoms with van der Waals surface area (Å²) >= 11 is 0. The Balaban J connectivity index is 2.07. The first-order valence-corrected chi connectivity index (χ1v) is 5.61. The van der Waals surface area contributed by atoms with Crippen LogP contribution in [0.25, 0.3) is 0 Å². The van der Waals surface area contributed by atoms with Crippen LogP contribution in [0.1, 0.15) is 32.1 Å². The lowest BCUT2D eigenvalue weighted by Gasteiger charge is -2.19. The third-order valence-corrected chi connectivity index (χ3v) is 2.65. The van der Waals surface area contributed by atoms with Gasteiger partial charge in [0.2, 0.25) is 0 Å². The monoisotopic (exact) mass is 230 g/mol. The van der Waals surface area contributed by atoms with Crippen LogP contribution in [-0.4, -0.2) is 32.4 Å². The topological polar surface area (TPSA) is 61.8 Å². The fraction of sp³-hybridized carbons (Fsp3) is 0.818. The van der Waals surface area contributed by atoms with Crippen LogP contribution < -0.4 is 0 Å². The number of ether oxygens (including phenoxy) is 3. The second-order valence-corrected chi connectivity index (χ2v) is 3.81. The fourth-order valence-corrected chi connectivity index (χ4v) is 1.78. The molecule has 5 heteroatoms. The van der Waals surface area contributed by atoms with Crippen molar-refractivity contribution in [1.82, 2.24) is 0 Å². The van der Waals surface area contributed by atoms with Crippen LogP contribution in [0.3, 0.4) is 0 Å². The molecule has 0 aromatic rings. The maximum absolute atomic E-state index is 11.5. The molecule has 1 rings (SSSR count). The second-order valence-electron chi connectivity index (χ2n) is 3.81. The van der Waals surface area contributed by atoms with Crippen LogP contribution in [0.2, 0.25) is 0 Å². The summed E-state index contributed by atoms with van der Waals surface area (Å²) in [5.74, 6) is -0.139. The van der Waals surface area contributed by atoms with Crippen molar-refractivity contribution >= 4 is 12.1 Å². The molecular weight excluding hydrogens is 212 g/mol. The van der Waals surface area contributed by atoms with Crippen LogP contribution in [0.15, 0.2) is 0 Å². The van der Waals surface area contributed by atoms with E-state index in [0.29, 0.717) is 0 Å². The van der Waals surface area contributed by atoms with Gasteiger partial charge >= 0.3 is 12.1 Å². The molecule has 92 valence electrons. The maximum atomic E-state index is 11.5.